The molecule has 8 heteroatoms. The van der Waals surface area contributed by atoms with Crippen LogP contribution in [0.3, 0.4) is 0 Å². The van der Waals surface area contributed by atoms with Gasteiger partial charge in [0, 0.05) is 19.3 Å². The maximum absolute atomic E-state index is 13.1. The lowest BCUT2D eigenvalue weighted by molar-refractivity contribution is -0.116. The standard InChI is InChI=1S/C17H17FN4O2S/c1-3-22(13-8-6-12(18)7-9-13)15(23)11-25-17-20-19-16(21(17)2)14-5-4-10-24-14/h4-10H,3,11H2,1-2H3. The molecule has 0 saturated carbocycles. The molecule has 0 fully saturated rings. The fourth-order valence-corrected chi connectivity index (χ4v) is 3.18. The van der Waals surface area contributed by atoms with Crippen LogP contribution in [0.5, 0.6) is 0 Å². The molecule has 0 N–H and O–H groups in total. The monoisotopic (exact) mass is 360 g/mol. The molecule has 0 radical (unpaired) electrons. The average Bonchev–Trinajstić information content (AvgIpc) is 3.25. The lowest BCUT2D eigenvalue weighted by atomic mass is 10.3. The van der Waals surface area contributed by atoms with E-state index in [-0.39, 0.29) is 17.5 Å². The molecule has 130 valence electrons. The van der Waals surface area contributed by atoms with Crippen LogP contribution < -0.4 is 4.90 Å². The normalized spacial score (nSPS) is 10.8. The van der Waals surface area contributed by atoms with Crippen LogP contribution >= 0.6 is 11.8 Å². The fourth-order valence-electron chi connectivity index (χ4n) is 2.39. The zero-order chi connectivity index (χ0) is 17.8. The molecular formula is C17H17FN4O2S. The smallest absolute Gasteiger partial charge is 0.237 e. The lowest BCUT2D eigenvalue weighted by Crippen LogP contribution is -2.32. The van der Waals surface area contributed by atoms with Crippen molar-refractivity contribution in [1.82, 2.24) is 14.8 Å². The summed E-state index contributed by atoms with van der Waals surface area (Å²) < 4.78 is 20.2. The molecule has 2 aromatic heterocycles. The topological polar surface area (TPSA) is 64.2 Å². The van der Waals surface area contributed by atoms with E-state index in [1.807, 2.05) is 14.0 Å². The molecule has 3 aromatic rings. The van der Waals surface area contributed by atoms with E-state index in [0.29, 0.717) is 29.0 Å². The molecule has 0 bridgehead atoms. The number of nitrogens with zero attached hydrogens (tertiary/aromatic N) is 4. The van der Waals surface area contributed by atoms with Crippen LogP contribution in [0.15, 0.2) is 52.2 Å². The van der Waals surface area contributed by atoms with Gasteiger partial charge in [0.15, 0.2) is 16.7 Å². The highest BCUT2D eigenvalue weighted by atomic mass is 32.2. The molecule has 2 heterocycles. The summed E-state index contributed by atoms with van der Waals surface area (Å²) in [5.41, 5.74) is 0.670. The van der Waals surface area contributed by atoms with Crippen molar-refractivity contribution in [2.75, 3.05) is 17.2 Å². The quantitative estimate of drug-likeness (QED) is 0.631. The highest BCUT2D eigenvalue weighted by molar-refractivity contribution is 7.99. The van der Waals surface area contributed by atoms with Gasteiger partial charge >= 0.3 is 0 Å². The largest absolute Gasteiger partial charge is 0.461 e. The van der Waals surface area contributed by atoms with Gasteiger partial charge in [0.25, 0.3) is 0 Å². The van der Waals surface area contributed by atoms with Crippen LogP contribution in [0.4, 0.5) is 10.1 Å². The number of rotatable bonds is 6. The van der Waals surface area contributed by atoms with E-state index in [2.05, 4.69) is 10.2 Å². The number of carbonyl (C=O) groups is 1. The van der Waals surface area contributed by atoms with Crippen molar-refractivity contribution in [2.45, 2.75) is 12.1 Å². The summed E-state index contributed by atoms with van der Waals surface area (Å²) >= 11 is 1.30. The summed E-state index contributed by atoms with van der Waals surface area (Å²) in [5.74, 6) is 1.02. The minimum absolute atomic E-state index is 0.0818. The van der Waals surface area contributed by atoms with E-state index < -0.39 is 0 Å². The highest BCUT2D eigenvalue weighted by Crippen LogP contribution is 2.24. The fraction of sp³-hybridized carbons (Fsp3) is 0.235. The first-order valence-electron chi connectivity index (χ1n) is 7.72. The molecule has 0 aliphatic rings. The van der Waals surface area contributed by atoms with Crippen molar-refractivity contribution in [3.63, 3.8) is 0 Å². The van der Waals surface area contributed by atoms with Gasteiger partial charge in [-0.2, -0.15) is 0 Å². The molecule has 0 atom stereocenters. The van der Waals surface area contributed by atoms with Gasteiger partial charge < -0.3 is 13.9 Å². The summed E-state index contributed by atoms with van der Waals surface area (Å²) in [6.07, 6.45) is 1.57. The summed E-state index contributed by atoms with van der Waals surface area (Å²) in [6, 6.07) is 9.46. The summed E-state index contributed by atoms with van der Waals surface area (Å²) in [4.78, 5) is 14.1. The average molecular weight is 360 g/mol. The molecule has 6 nitrogen and oxygen atoms in total. The zero-order valence-electron chi connectivity index (χ0n) is 13.8. The number of halogens is 1. The molecule has 0 unspecified atom stereocenters. The van der Waals surface area contributed by atoms with E-state index in [1.54, 1.807) is 40.0 Å². The summed E-state index contributed by atoms with van der Waals surface area (Å²) in [7, 11) is 1.82. The number of anilines is 1. The Bertz CT molecular complexity index is 846. The third kappa shape index (κ3) is 3.74. The van der Waals surface area contributed by atoms with Crippen molar-refractivity contribution in [1.29, 1.82) is 0 Å². The Labute approximate surface area is 148 Å². The molecule has 1 aromatic carbocycles. The van der Waals surface area contributed by atoms with Gasteiger partial charge in [0.2, 0.25) is 5.91 Å². The van der Waals surface area contributed by atoms with Crippen LogP contribution in [0.1, 0.15) is 6.92 Å². The second kappa shape index (κ2) is 7.52. The summed E-state index contributed by atoms with van der Waals surface area (Å²) in [6.45, 7) is 2.38. The van der Waals surface area contributed by atoms with Gasteiger partial charge in [-0.15, -0.1) is 10.2 Å². The Morgan fingerprint density at radius 2 is 2.04 bits per heavy atom. The van der Waals surface area contributed by atoms with Gasteiger partial charge in [-0.1, -0.05) is 11.8 Å². The van der Waals surface area contributed by atoms with Crippen molar-refractivity contribution < 1.29 is 13.6 Å². The number of furan rings is 1. The predicted molar refractivity (Wildman–Crippen MR) is 93.9 cm³/mol. The number of hydrogen-bond acceptors (Lipinski definition) is 5. The number of hydrogen-bond donors (Lipinski definition) is 0. The predicted octanol–water partition coefficient (Wildman–Crippen LogP) is 3.36. The lowest BCUT2D eigenvalue weighted by Gasteiger charge is -2.20. The van der Waals surface area contributed by atoms with Gasteiger partial charge in [-0.3, -0.25) is 4.79 Å². The molecule has 0 spiro atoms. The third-order valence-corrected chi connectivity index (χ3v) is 4.66. The van der Waals surface area contributed by atoms with Gasteiger partial charge in [0.1, 0.15) is 5.82 Å². The molecular weight excluding hydrogens is 343 g/mol. The highest BCUT2D eigenvalue weighted by Gasteiger charge is 2.18. The molecule has 0 aliphatic carbocycles. The Balaban J connectivity index is 1.68. The maximum atomic E-state index is 13.1. The van der Waals surface area contributed by atoms with E-state index in [4.69, 9.17) is 4.42 Å². The van der Waals surface area contributed by atoms with Crippen LogP contribution in [0, 0.1) is 5.82 Å². The first-order valence-corrected chi connectivity index (χ1v) is 8.70. The van der Waals surface area contributed by atoms with E-state index >= 15 is 0 Å². The van der Waals surface area contributed by atoms with Crippen LogP contribution in [-0.2, 0) is 11.8 Å². The first kappa shape index (κ1) is 17.2. The van der Waals surface area contributed by atoms with Crippen molar-refractivity contribution in [3.05, 3.63) is 48.5 Å². The molecule has 1 amide bonds. The number of amides is 1. The van der Waals surface area contributed by atoms with Gasteiger partial charge in [0.05, 0.1) is 12.0 Å². The number of aromatic nitrogens is 3. The van der Waals surface area contributed by atoms with Crippen molar-refractivity contribution in [3.8, 4) is 11.6 Å². The number of thioether (sulfide) groups is 1. The number of benzene rings is 1. The minimum atomic E-state index is -0.328. The van der Waals surface area contributed by atoms with Crippen molar-refractivity contribution >= 4 is 23.4 Å². The zero-order valence-corrected chi connectivity index (χ0v) is 14.7. The Hall–Kier alpha value is -2.61. The molecule has 3 rings (SSSR count). The van der Waals surface area contributed by atoms with Crippen LogP contribution in [0.2, 0.25) is 0 Å². The maximum Gasteiger partial charge on any atom is 0.237 e. The second-order valence-electron chi connectivity index (χ2n) is 5.25. The first-order chi connectivity index (χ1) is 12.1. The van der Waals surface area contributed by atoms with Crippen LogP contribution in [-0.4, -0.2) is 33.0 Å². The van der Waals surface area contributed by atoms with E-state index in [1.165, 1.54) is 23.9 Å². The Morgan fingerprint density at radius 1 is 1.28 bits per heavy atom. The van der Waals surface area contributed by atoms with Gasteiger partial charge in [-0.05, 0) is 43.3 Å². The van der Waals surface area contributed by atoms with Gasteiger partial charge in [-0.25, -0.2) is 4.39 Å². The third-order valence-electron chi connectivity index (χ3n) is 3.66. The van der Waals surface area contributed by atoms with Crippen LogP contribution in [0.25, 0.3) is 11.6 Å². The van der Waals surface area contributed by atoms with Crippen molar-refractivity contribution in [2.24, 2.45) is 7.05 Å². The number of carbonyl (C=O) groups excluding carboxylic acids is 1. The van der Waals surface area contributed by atoms with E-state index in [9.17, 15) is 9.18 Å². The Kier molecular flexibility index (Phi) is 5.18. The minimum Gasteiger partial charge on any atom is -0.461 e. The summed E-state index contributed by atoms with van der Waals surface area (Å²) in [5, 5.41) is 8.83. The SMILES string of the molecule is CCN(C(=O)CSc1nnc(-c2ccco2)n1C)c1ccc(F)cc1. The molecule has 0 aliphatic heterocycles. The Morgan fingerprint density at radius 3 is 2.68 bits per heavy atom. The van der Waals surface area contributed by atoms with E-state index in [0.717, 1.165) is 0 Å². The molecule has 0 saturated heterocycles. The second-order valence-corrected chi connectivity index (χ2v) is 6.19. The molecule has 25 heavy (non-hydrogen) atoms.